The highest BCUT2D eigenvalue weighted by atomic mass is 16.1. The van der Waals surface area contributed by atoms with Crippen LogP contribution >= 0.6 is 0 Å². The van der Waals surface area contributed by atoms with E-state index in [0.29, 0.717) is 24.1 Å². The molecule has 1 aliphatic carbocycles. The first-order valence-corrected chi connectivity index (χ1v) is 8.88. The summed E-state index contributed by atoms with van der Waals surface area (Å²) in [6.07, 6.45) is 9.93. The van der Waals surface area contributed by atoms with Crippen molar-refractivity contribution in [2.75, 3.05) is 5.73 Å². The molecule has 5 heteroatoms. The number of carbonyl (C=O) groups excluding carboxylic acids is 1. The third kappa shape index (κ3) is 3.02. The Balaban J connectivity index is 1.54. The molecule has 0 atom stereocenters. The second-order valence-corrected chi connectivity index (χ2v) is 6.90. The molecule has 0 unspecified atom stereocenters. The van der Waals surface area contributed by atoms with Gasteiger partial charge < -0.3 is 10.5 Å². The highest BCUT2D eigenvalue weighted by molar-refractivity contribution is 5.75. The molecular weight excluding hydrogens is 312 g/mol. The molecule has 0 saturated heterocycles. The van der Waals surface area contributed by atoms with Crippen molar-refractivity contribution in [3.8, 4) is 11.1 Å². The fraction of sp³-hybridized carbons (Fsp3) is 0.350. The third-order valence-corrected chi connectivity index (χ3v) is 5.42. The predicted octanol–water partition coefficient (Wildman–Crippen LogP) is 3.84. The molecule has 0 aliphatic heterocycles. The zero-order chi connectivity index (χ0) is 17.2. The largest absolute Gasteiger partial charge is 0.383 e. The topological polar surface area (TPSA) is 73.3 Å². The van der Waals surface area contributed by atoms with Crippen LogP contribution < -0.4 is 5.73 Å². The lowest BCUT2D eigenvalue weighted by atomic mass is 9.77. The summed E-state index contributed by atoms with van der Waals surface area (Å²) in [5.74, 6) is 1.79. The van der Waals surface area contributed by atoms with E-state index in [0.717, 1.165) is 35.9 Å². The minimum atomic E-state index is 0.583. The molecule has 5 nitrogen and oxygen atoms in total. The summed E-state index contributed by atoms with van der Waals surface area (Å²) in [5.41, 5.74) is 10.3. The molecule has 1 aromatic carbocycles. The number of aromatic nitrogens is 3. The van der Waals surface area contributed by atoms with Crippen molar-refractivity contribution in [1.29, 1.82) is 0 Å². The normalized spacial score (nSPS) is 20.6. The number of fused-ring (bicyclic) bond motifs is 1. The first-order valence-electron chi connectivity index (χ1n) is 8.88. The van der Waals surface area contributed by atoms with E-state index in [1.807, 2.05) is 12.3 Å². The molecule has 25 heavy (non-hydrogen) atoms. The standard InChI is InChI=1S/C20H22N4O/c21-20-18(13-22-19-9-11-23-24(19)20)17-7-5-16(6-8-17)15-3-1-14(2-4-15)10-12-25/h5-9,11-15H,1-4,10,21H2. The van der Waals surface area contributed by atoms with Crippen molar-refractivity contribution in [2.24, 2.45) is 5.92 Å². The van der Waals surface area contributed by atoms with E-state index in [1.165, 1.54) is 18.4 Å². The van der Waals surface area contributed by atoms with E-state index in [-0.39, 0.29) is 0 Å². The summed E-state index contributed by atoms with van der Waals surface area (Å²) in [6, 6.07) is 10.5. The first kappa shape index (κ1) is 15.8. The van der Waals surface area contributed by atoms with Gasteiger partial charge in [-0.1, -0.05) is 24.3 Å². The van der Waals surface area contributed by atoms with Crippen LogP contribution in [0.4, 0.5) is 5.82 Å². The molecule has 1 fully saturated rings. The molecule has 3 aromatic rings. The van der Waals surface area contributed by atoms with Gasteiger partial charge in [0.2, 0.25) is 0 Å². The molecule has 1 saturated carbocycles. The highest BCUT2D eigenvalue weighted by Gasteiger charge is 2.22. The Morgan fingerprint density at radius 1 is 1.12 bits per heavy atom. The van der Waals surface area contributed by atoms with Gasteiger partial charge in [0.25, 0.3) is 0 Å². The van der Waals surface area contributed by atoms with E-state index < -0.39 is 0 Å². The number of carbonyl (C=O) groups is 1. The number of nitrogen functional groups attached to an aromatic ring is 1. The molecule has 0 radical (unpaired) electrons. The van der Waals surface area contributed by atoms with Crippen LogP contribution in [0, 0.1) is 5.92 Å². The van der Waals surface area contributed by atoms with Crippen LogP contribution in [0.25, 0.3) is 16.8 Å². The van der Waals surface area contributed by atoms with Crippen molar-refractivity contribution in [3.05, 3.63) is 48.3 Å². The molecule has 2 aromatic heterocycles. The molecule has 0 spiro atoms. The Kier molecular flexibility index (Phi) is 4.22. The van der Waals surface area contributed by atoms with Crippen LogP contribution in [0.3, 0.4) is 0 Å². The van der Waals surface area contributed by atoms with Crippen LogP contribution in [0.1, 0.15) is 43.6 Å². The summed E-state index contributed by atoms with van der Waals surface area (Å²) >= 11 is 0. The summed E-state index contributed by atoms with van der Waals surface area (Å²) in [4.78, 5) is 15.1. The Bertz CT molecular complexity index is 876. The molecular formula is C20H22N4O. The minimum absolute atomic E-state index is 0.583. The molecule has 128 valence electrons. The van der Waals surface area contributed by atoms with Crippen LogP contribution in [0.15, 0.2) is 42.7 Å². The van der Waals surface area contributed by atoms with Gasteiger partial charge in [-0.05, 0) is 48.6 Å². The lowest BCUT2D eigenvalue weighted by Gasteiger charge is -2.27. The lowest BCUT2D eigenvalue weighted by Crippen LogP contribution is -2.13. The van der Waals surface area contributed by atoms with Gasteiger partial charge in [-0.2, -0.15) is 9.61 Å². The molecule has 2 N–H and O–H groups in total. The Labute approximate surface area is 146 Å². The second-order valence-electron chi connectivity index (χ2n) is 6.90. The monoisotopic (exact) mass is 334 g/mol. The van der Waals surface area contributed by atoms with E-state index >= 15 is 0 Å². The van der Waals surface area contributed by atoms with Gasteiger partial charge in [0.1, 0.15) is 12.1 Å². The number of hydrogen-bond donors (Lipinski definition) is 1. The zero-order valence-electron chi connectivity index (χ0n) is 14.1. The number of nitrogens with two attached hydrogens (primary N) is 1. The molecule has 1 aliphatic rings. The number of anilines is 1. The quantitative estimate of drug-likeness (QED) is 0.736. The van der Waals surface area contributed by atoms with Gasteiger partial charge in [-0.15, -0.1) is 0 Å². The van der Waals surface area contributed by atoms with Gasteiger partial charge in [0.15, 0.2) is 5.65 Å². The summed E-state index contributed by atoms with van der Waals surface area (Å²) in [5, 5.41) is 4.22. The SMILES string of the molecule is Nc1c(-c2ccc(C3CCC(CC=O)CC3)cc2)cnc2ccnn12. The van der Waals surface area contributed by atoms with Gasteiger partial charge >= 0.3 is 0 Å². The molecule has 2 heterocycles. The van der Waals surface area contributed by atoms with Crippen LogP contribution in [-0.4, -0.2) is 20.9 Å². The van der Waals surface area contributed by atoms with E-state index in [1.54, 1.807) is 10.7 Å². The fourth-order valence-corrected chi connectivity index (χ4v) is 3.92. The van der Waals surface area contributed by atoms with E-state index in [9.17, 15) is 4.79 Å². The average Bonchev–Trinajstić information content (AvgIpc) is 3.13. The van der Waals surface area contributed by atoms with Gasteiger partial charge in [-0.25, -0.2) is 4.98 Å². The second kappa shape index (κ2) is 6.67. The molecule has 0 amide bonds. The Morgan fingerprint density at radius 3 is 2.60 bits per heavy atom. The van der Waals surface area contributed by atoms with E-state index in [2.05, 4.69) is 34.3 Å². The highest BCUT2D eigenvalue weighted by Crippen LogP contribution is 2.37. The van der Waals surface area contributed by atoms with Crippen molar-refractivity contribution < 1.29 is 4.79 Å². The Morgan fingerprint density at radius 2 is 1.88 bits per heavy atom. The fourth-order valence-electron chi connectivity index (χ4n) is 3.92. The maximum atomic E-state index is 10.7. The number of rotatable bonds is 4. The number of aldehydes is 1. The van der Waals surface area contributed by atoms with Gasteiger partial charge in [0.05, 0.1) is 6.20 Å². The maximum Gasteiger partial charge on any atom is 0.157 e. The Hall–Kier alpha value is -2.69. The average molecular weight is 334 g/mol. The number of benzene rings is 1. The number of hydrogen-bond acceptors (Lipinski definition) is 4. The van der Waals surface area contributed by atoms with Crippen LogP contribution in [0.5, 0.6) is 0 Å². The lowest BCUT2D eigenvalue weighted by molar-refractivity contribution is -0.108. The van der Waals surface area contributed by atoms with Crippen molar-refractivity contribution in [2.45, 2.75) is 38.0 Å². The maximum absolute atomic E-state index is 10.7. The van der Waals surface area contributed by atoms with E-state index in [4.69, 9.17) is 5.73 Å². The van der Waals surface area contributed by atoms with Gasteiger partial charge in [-0.3, -0.25) is 0 Å². The van der Waals surface area contributed by atoms with Crippen molar-refractivity contribution >= 4 is 17.8 Å². The zero-order valence-corrected chi connectivity index (χ0v) is 14.1. The third-order valence-electron chi connectivity index (χ3n) is 5.42. The number of nitrogens with zero attached hydrogens (tertiary/aromatic N) is 3. The summed E-state index contributed by atoms with van der Waals surface area (Å²) < 4.78 is 1.66. The van der Waals surface area contributed by atoms with Crippen LogP contribution in [0.2, 0.25) is 0 Å². The molecule has 0 bridgehead atoms. The first-order chi connectivity index (χ1) is 12.3. The van der Waals surface area contributed by atoms with Crippen molar-refractivity contribution in [1.82, 2.24) is 14.6 Å². The summed E-state index contributed by atoms with van der Waals surface area (Å²) in [6.45, 7) is 0. The smallest absolute Gasteiger partial charge is 0.157 e. The van der Waals surface area contributed by atoms with Crippen molar-refractivity contribution in [3.63, 3.8) is 0 Å². The molecule has 4 rings (SSSR count). The predicted molar refractivity (Wildman–Crippen MR) is 98.2 cm³/mol. The van der Waals surface area contributed by atoms with Gasteiger partial charge in [0, 0.05) is 24.2 Å². The summed E-state index contributed by atoms with van der Waals surface area (Å²) in [7, 11) is 0. The minimum Gasteiger partial charge on any atom is -0.383 e. The van der Waals surface area contributed by atoms with Crippen LogP contribution in [-0.2, 0) is 4.79 Å².